The predicted octanol–water partition coefficient (Wildman–Crippen LogP) is 3.47. The van der Waals surface area contributed by atoms with Gasteiger partial charge in [0.15, 0.2) is 0 Å². The van der Waals surface area contributed by atoms with E-state index < -0.39 is 0 Å². The van der Waals surface area contributed by atoms with Crippen LogP contribution in [0.2, 0.25) is 0 Å². The zero-order valence-electron chi connectivity index (χ0n) is 13.2. The van der Waals surface area contributed by atoms with Gasteiger partial charge in [-0.15, -0.1) is 0 Å². The first-order valence-corrected chi connectivity index (χ1v) is 8.65. The molecule has 0 spiro atoms. The third kappa shape index (κ3) is 4.24. The Morgan fingerprint density at radius 3 is 2.50 bits per heavy atom. The highest BCUT2D eigenvalue weighted by Gasteiger charge is 2.23. The standard InChI is InChI=1S/C17H28N2S/c1-13-7-5-6-8-16(13)17(18-4)9-10-19-11-14(2)20-15(3)12-19/h5-8,14-15,17-18H,9-12H2,1-4H3. The number of hydrogen-bond acceptors (Lipinski definition) is 3. The monoisotopic (exact) mass is 292 g/mol. The Morgan fingerprint density at radius 1 is 1.25 bits per heavy atom. The number of thioether (sulfide) groups is 1. The summed E-state index contributed by atoms with van der Waals surface area (Å²) < 4.78 is 0. The molecule has 1 aromatic carbocycles. The van der Waals surface area contributed by atoms with Gasteiger partial charge in [0.2, 0.25) is 0 Å². The summed E-state index contributed by atoms with van der Waals surface area (Å²) in [6.45, 7) is 10.6. The van der Waals surface area contributed by atoms with E-state index >= 15 is 0 Å². The molecule has 3 unspecified atom stereocenters. The van der Waals surface area contributed by atoms with Gasteiger partial charge < -0.3 is 10.2 Å². The molecule has 0 saturated carbocycles. The number of hydrogen-bond donors (Lipinski definition) is 1. The van der Waals surface area contributed by atoms with Gasteiger partial charge in [0, 0.05) is 36.2 Å². The summed E-state index contributed by atoms with van der Waals surface area (Å²) >= 11 is 2.13. The molecule has 0 aromatic heterocycles. The molecule has 1 fully saturated rings. The van der Waals surface area contributed by atoms with Crippen LogP contribution in [0.1, 0.15) is 37.4 Å². The first kappa shape index (κ1) is 15.9. The lowest BCUT2D eigenvalue weighted by molar-refractivity contribution is 0.256. The van der Waals surface area contributed by atoms with Crippen molar-refractivity contribution in [3.8, 4) is 0 Å². The van der Waals surface area contributed by atoms with Crippen LogP contribution in [-0.4, -0.2) is 42.1 Å². The van der Waals surface area contributed by atoms with Crippen LogP contribution in [0.25, 0.3) is 0 Å². The van der Waals surface area contributed by atoms with E-state index in [1.807, 2.05) is 0 Å². The number of rotatable bonds is 5. The van der Waals surface area contributed by atoms with Crippen LogP contribution in [0.3, 0.4) is 0 Å². The molecule has 112 valence electrons. The van der Waals surface area contributed by atoms with E-state index in [-0.39, 0.29) is 0 Å². The van der Waals surface area contributed by atoms with E-state index in [1.54, 1.807) is 0 Å². The average Bonchev–Trinajstić information content (AvgIpc) is 2.40. The van der Waals surface area contributed by atoms with E-state index in [0.29, 0.717) is 6.04 Å². The first-order valence-electron chi connectivity index (χ1n) is 7.70. The Balaban J connectivity index is 1.93. The summed E-state index contributed by atoms with van der Waals surface area (Å²) in [5, 5.41) is 5.03. The second kappa shape index (κ2) is 7.48. The van der Waals surface area contributed by atoms with Crippen molar-refractivity contribution in [2.45, 2.75) is 43.7 Å². The van der Waals surface area contributed by atoms with E-state index in [4.69, 9.17) is 0 Å². The smallest absolute Gasteiger partial charge is 0.0332 e. The van der Waals surface area contributed by atoms with Gasteiger partial charge in [-0.25, -0.2) is 0 Å². The maximum atomic E-state index is 3.49. The quantitative estimate of drug-likeness (QED) is 0.894. The van der Waals surface area contributed by atoms with Crippen molar-refractivity contribution in [1.29, 1.82) is 0 Å². The Bertz CT molecular complexity index is 411. The second-order valence-electron chi connectivity index (χ2n) is 6.00. The zero-order chi connectivity index (χ0) is 14.5. The molecule has 0 radical (unpaired) electrons. The highest BCUT2D eigenvalue weighted by molar-refractivity contribution is 8.00. The number of nitrogens with zero attached hydrogens (tertiary/aromatic N) is 1. The first-order chi connectivity index (χ1) is 9.60. The largest absolute Gasteiger partial charge is 0.313 e. The van der Waals surface area contributed by atoms with Gasteiger partial charge in [-0.1, -0.05) is 38.1 Å². The summed E-state index contributed by atoms with van der Waals surface area (Å²) in [6.07, 6.45) is 1.19. The maximum absolute atomic E-state index is 3.49. The molecule has 2 rings (SSSR count). The fourth-order valence-electron chi connectivity index (χ4n) is 3.21. The summed E-state index contributed by atoms with van der Waals surface area (Å²) in [5.41, 5.74) is 2.84. The van der Waals surface area contributed by atoms with Crippen molar-refractivity contribution >= 4 is 11.8 Å². The number of nitrogens with one attached hydrogen (secondary N) is 1. The minimum atomic E-state index is 0.469. The Kier molecular flexibility index (Phi) is 5.94. The van der Waals surface area contributed by atoms with Crippen molar-refractivity contribution < 1.29 is 0 Å². The molecular formula is C17H28N2S. The normalized spacial score (nSPS) is 25.6. The molecule has 3 heteroatoms. The van der Waals surface area contributed by atoms with Crippen LogP contribution in [0.5, 0.6) is 0 Å². The van der Waals surface area contributed by atoms with Crippen molar-refractivity contribution in [1.82, 2.24) is 10.2 Å². The Labute approximate surface area is 128 Å². The van der Waals surface area contributed by atoms with Gasteiger partial charge in [-0.05, 0) is 31.5 Å². The second-order valence-corrected chi connectivity index (χ2v) is 7.89. The maximum Gasteiger partial charge on any atom is 0.0332 e. The summed E-state index contributed by atoms with van der Waals surface area (Å²) in [4.78, 5) is 2.63. The van der Waals surface area contributed by atoms with Gasteiger partial charge in [0.05, 0.1) is 0 Å². The predicted molar refractivity (Wildman–Crippen MR) is 90.6 cm³/mol. The molecule has 2 nitrogen and oxygen atoms in total. The average molecular weight is 292 g/mol. The van der Waals surface area contributed by atoms with Crippen LogP contribution in [0, 0.1) is 6.92 Å². The van der Waals surface area contributed by atoms with Gasteiger partial charge in [0.25, 0.3) is 0 Å². The molecule has 0 aliphatic carbocycles. The van der Waals surface area contributed by atoms with E-state index in [1.165, 1.54) is 37.2 Å². The lowest BCUT2D eigenvalue weighted by Gasteiger charge is -2.35. The zero-order valence-corrected chi connectivity index (χ0v) is 14.0. The fraction of sp³-hybridized carbons (Fsp3) is 0.647. The molecule has 3 atom stereocenters. The lowest BCUT2D eigenvalue weighted by atomic mass is 9.98. The Morgan fingerprint density at radius 2 is 1.90 bits per heavy atom. The van der Waals surface area contributed by atoms with Gasteiger partial charge in [-0.3, -0.25) is 0 Å². The van der Waals surface area contributed by atoms with Crippen molar-refractivity contribution in [3.05, 3.63) is 35.4 Å². The summed E-state index contributed by atoms with van der Waals surface area (Å²) in [7, 11) is 2.08. The third-order valence-electron chi connectivity index (χ3n) is 4.14. The molecule has 1 heterocycles. The van der Waals surface area contributed by atoms with E-state index in [2.05, 4.69) is 74.1 Å². The number of aryl methyl sites for hydroxylation is 1. The molecule has 20 heavy (non-hydrogen) atoms. The van der Waals surface area contributed by atoms with Gasteiger partial charge in [0.1, 0.15) is 0 Å². The van der Waals surface area contributed by atoms with Crippen LogP contribution in [0.15, 0.2) is 24.3 Å². The molecule has 0 bridgehead atoms. The summed E-state index contributed by atoms with van der Waals surface area (Å²) in [5.74, 6) is 0. The van der Waals surface area contributed by atoms with Crippen molar-refractivity contribution in [3.63, 3.8) is 0 Å². The minimum absolute atomic E-state index is 0.469. The van der Waals surface area contributed by atoms with Crippen LogP contribution in [-0.2, 0) is 0 Å². The number of benzene rings is 1. The molecule has 1 saturated heterocycles. The molecule has 1 aliphatic rings. The van der Waals surface area contributed by atoms with Crippen LogP contribution in [0.4, 0.5) is 0 Å². The summed E-state index contributed by atoms with van der Waals surface area (Å²) in [6, 6.07) is 9.21. The molecule has 1 aliphatic heterocycles. The SMILES string of the molecule is CNC(CCN1CC(C)SC(C)C1)c1ccccc1C. The minimum Gasteiger partial charge on any atom is -0.313 e. The van der Waals surface area contributed by atoms with Gasteiger partial charge >= 0.3 is 0 Å². The molecular weight excluding hydrogens is 264 g/mol. The molecule has 1 aromatic rings. The Hall–Kier alpha value is -0.510. The third-order valence-corrected chi connectivity index (χ3v) is 5.37. The van der Waals surface area contributed by atoms with Crippen LogP contribution >= 0.6 is 11.8 Å². The van der Waals surface area contributed by atoms with E-state index in [9.17, 15) is 0 Å². The van der Waals surface area contributed by atoms with Crippen molar-refractivity contribution in [2.24, 2.45) is 0 Å². The fourth-order valence-corrected chi connectivity index (χ4v) is 4.60. The highest BCUT2D eigenvalue weighted by Crippen LogP contribution is 2.26. The van der Waals surface area contributed by atoms with Crippen molar-refractivity contribution in [2.75, 3.05) is 26.7 Å². The highest BCUT2D eigenvalue weighted by atomic mass is 32.2. The van der Waals surface area contributed by atoms with Gasteiger partial charge in [-0.2, -0.15) is 11.8 Å². The lowest BCUT2D eigenvalue weighted by Crippen LogP contribution is -2.41. The topological polar surface area (TPSA) is 15.3 Å². The van der Waals surface area contributed by atoms with E-state index in [0.717, 1.165) is 10.5 Å². The van der Waals surface area contributed by atoms with Crippen LogP contribution < -0.4 is 5.32 Å². The molecule has 1 N–H and O–H groups in total. The molecule has 0 amide bonds.